The van der Waals surface area contributed by atoms with Crippen molar-refractivity contribution in [2.75, 3.05) is 7.05 Å². The van der Waals surface area contributed by atoms with Gasteiger partial charge in [0, 0.05) is 12.6 Å². The van der Waals surface area contributed by atoms with Crippen molar-refractivity contribution in [1.29, 1.82) is 0 Å². The minimum Gasteiger partial charge on any atom is -0.480 e. The fraction of sp³-hybridized carbons (Fsp3) is 0.429. The summed E-state index contributed by atoms with van der Waals surface area (Å²) in [5.74, 6) is -2.20. The number of nitrogens with one attached hydrogen (secondary N) is 2. The zero-order valence-electron chi connectivity index (χ0n) is 12.7. The maximum absolute atomic E-state index is 12.0. The molecule has 1 aromatic carbocycles. The molecule has 122 valence electrons. The van der Waals surface area contributed by atoms with E-state index in [-0.39, 0.29) is 17.6 Å². The van der Waals surface area contributed by atoms with Gasteiger partial charge in [-0.05, 0) is 23.6 Å². The minimum atomic E-state index is -3.79. The van der Waals surface area contributed by atoms with Gasteiger partial charge in [-0.2, -0.15) is 0 Å². The number of rotatable bonds is 7. The second kappa shape index (κ2) is 7.37. The molecule has 3 N–H and O–H groups in total. The molecule has 1 aromatic rings. The van der Waals surface area contributed by atoms with Gasteiger partial charge in [-0.15, -0.1) is 0 Å². The molecule has 1 rings (SSSR count). The number of sulfonamides is 1. The van der Waals surface area contributed by atoms with Gasteiger partial charge < -0.3 is 10.4 Å². The van der Waals surface area contributed by atoms with Gasteiger partial charge in [0.1, 0.15) is 6.04 Å². The highest BCUT2D eigenvalue weighted by Gasteiger charge is 2.27. The SMILES string of the molecule is CNC(=O)c1ccc(CS(=O)(=O)N[C@H](C(=O)O)C(C)C)cc1. The van der Waals surface area contributed by atoms with E-state index in [1.807, 2.05) is 0 Å². The average molecular weight is 328 g/mol. The molecule has 0 spiro atoms. The van der Waals surface area contributed by atoms with Crippen molar-refractivity contribution < 1.29 is 23.1 Å². The van der Waals surface area contributed by atoms with Crippen LogP contribution in [0.3, 0.4) is 0 Å². The van der Waals surface area contributed by atoms with Crippen molar-refractivity contribution in [2.45, 2.75) is 25.6 Å². The lowest BCUT2D eigenvalue weighted by Gasteiger charge is -2.18. The lowest BCUT2D eigenvalue weighted by atomic mass is 10.1. The number of carboxylic acid groups (broad SMARTS) is 1. The molecule has 0 aromatic heterocycles. The van der Waals surface area contributed by atoms with Crippen LogP contribution >= 0.6 is 0 Å². The molecule has 8 heteroatoms. The number of carbonyl (C=O) groups is 2. The van der Waals surface area contributed by atoms with Crippen LogP contribution in [-0.4, -0.2) is 38.5 Å². The first-order valence-electron chi connectivity index (χ1n) is 6.70. The molecule has 1 atom stereocenters. The quantitative estimate of drug-likeness (QED) is 0.677. The van der Waals surface area contributed by atoms with E-state index in [2.05, 4.69) is 10.0 Å². The maximum Gasteiger partial charge on any atom is 0.321 e. The number of carboxylic acids is 1. The molecule has 0 radical (unpaired) electrons. The highest BCUT2D eigenvalue weighted by molar-refractivity contribution is 7.88. The van der Waals surface area contributed by atoms with Gasteiger partial charge in [-0.3, -0.25) is 9.59 Å². The van der Waals surface area contributed by atoms with Crippen LogP contribution in [0.4, 0.5) is 0 Å². The second-order valence-corrected chi connectivity index (χ2v) is 6.97. The largest absolute Gasteiger partial charge is 0.480 e. The summed E-state index contributed by atoms with van der Waals surface area (Å²) in [6.45, 7) is 3.25. The molecule has 0 saturated carbocycles. The zero-order chi connectivity index (χ0) is 16.9. The van der Waals surface area contributed by atoms with Gasteiger partial charge in [0.25, 0.3) is 5.91 Å². The first kappa shape index (κ1) is 18.1. The number of carbonyl (C=O) groups excluding carboxylic acids is 1. The Labute approximate surface area is 129 Å². The molecular weight excluding hydrogens is 308 g/mol. The topological polar surface area (TPSA) is 113 Å². The van der Waals surface area contributed by atoms with E-state index in [1.165, 1.54) is 31.3 Å². The van der Waals surface area contributed by atoms with E-state index < -0.39 is 22.0 Å². The summed E-state index contributed by atoms with van der Waals surface area (Å²) in [6, 6.07) is 4.90. The lowest BCUT2D eigenvalue weighted by Crippen LogP contribution is -2.44. The van der Waals surface area contributed by atoms with Gasteiger partial charge in [-0.1, -0.05) is 26.0 Å². The second-order valence-electron chi connectivity index (χ2n) is 5.21. The fourth-order valence-corrected chi connectivity index (χ4v) is 3.30. The molecule has 0 fully saturated rings. The summed E-state index contributed by atoms with van der Waals surface area (Å²) < 4.78 is 26.3. The van der Waals surface area contributed by atoms with Gasteiger partial charge in [0.2, 0.25) is 10.0 Å². The van der Waals surface area contributed by atoms with Crippen LogP contribution in [0.5, 0.6) is 0 Å². The van der Waals surface area contributed by atoms with E-state index in [9.17, 15) is 18.0 Å². The molecule has 0 unspecified atom stereocenters. The van der Waals surface area contributed by atoms with Crippen molar-refractivity contribution in [1.82, 2.24) is 10.0 Å². The van der Waals surface area contributed by atoms with E-state index in [1.54, 1.807) is 13.8 Å². The van der Waals surface area contributed by atoms with Crippen molar-refractivity contribution in [2.24, 2.45) is 5.92 Å². The Morgan fingerprint density at radius 2 is 1.73 bits per heavy atom. The standard InChI is InChI=1S/C14H20N2O5S/c1-9(2)12(14(18)19)16-22(20,21)8-10-4-6-11(7-5-10)13(17)15-3/h4-7,9,12,16H,8H2,1-3H3,(H,15,17)(H,18,19)/t12-/m0/s1. The molecule has 0 aliphatic rings. The Balaban J connectivity index is 2.84. The molecule has 22 heavy (non-hydrogen) atoms. The average Bonchev–Trinajstić information content (AvgIpc) is 2.44. The third kappa shape index (κ3) is 5.12. The van der Waals surface area contributed by atoms with Crippen LogP contribution in [0.15, 0.2) is 24.3 Å². The number of hydrogen-bond donors (Lipinski definition) is 3. The van der Waals surface area contributed by atoms with Crippen molar-refractivity contribution in [3.05, 3.63) is 35.4 Å². The normalized spacial score (nSPS) is 12.9. The number of amides is 1. The fourth-order valence-electron chi connectivity index (χ4n) is 1.82. The van der Waals surface area contributed by atoms with Crippen molar-refractivity contribution in [3.63, 3.8) is 0 Å². The van der Waals surface area contributed by atoms with E-state index >= 15 is 0 Å². The number of hydrogen-bond acceptors (Lipinski definition) is 4. The van der Waals surface area contributed by atoms with Crippen LogP contribution in [0, 0.1) is 5.92 Å². The van der Waals surface area contributed by atoms with Gasteiger partial charge >= 0.3 is 5.97 Å². The predicted molar refractivity (Wildman–Crippen MR) is 81.9 cm³/mol. The minimum absolute atomic E-state index is 0.265. The third-order valence-corrected chi connectivity index (χ3v) is 4.37. The van der Waals surface area contributed by atoms with Crippen LogP contribution in [-0.2, 0) is 20.6 Å². The Morgan fingerprint density at radius 1 is 1.18 bits per heavy atom. The summed E-state index contributed by atoms with van der Waals surface area (Å²) in [4.78, 5) is 22.5. The summed E-state index contributed by atoms with van der Waals surface area (Å²) in [6.07, 6.45) is 0. The number of benzene rings is 1. The summed E-state index contributed by atoms with van der Waals surface area (Å²) in [5.41, 5.74) is 0.884. The first-order valence-corrected chi connectivity index (χ1v) is 8.35. The maximum atomic E-state index is 12.0. The molecule has 0 saturated heterocycles. The number of aliphatic carboxylic acids is 1. The Hall–Kier alpha value is -1.93. The molecule has 0 heterocycles. The van der Waals surface area contributed by atoms with Crippen LogP contribution in [0.25, 0.3) is 0 Å². The van der Waals surface area contributed by atoms with Crippen molar-refractivity contribution >= 4 is 21.9 Å². The summed E-state index contributed by atoms with van der Waals surface area (Å²) in [7, 11) is -2.29. The Kier molecular flexibility index (Phi) is 6.07. The summed E-state index contributed by atoms with van der Waals surface area (Å²) in [5, 5.41) is 11.5. The van der Waals surface area contributed by atoms with E-state index in [0.717, 1.165) is 0 Å². The highest BCUT2D eigenvalue weighted by Crippen LogP contribution is 2.10. The first-order chi connectivity index (χ1) is 10.2. The molecule has 0 aliphatic carbocycles. The van der Waals surface area contributed by atoms with Crippen molar-refractivity contribution in [3.8, 4) is 0 Å². The molecule has 0 aliphatic heterocycles. The molecule has 0 bridgehead atoms. The van der Waals surface area contributed by atoms with Gasteiger partial charge in [0.15, 0.2) is 0 Å². The molecule has 1 amide bonds. The van der Waals surface area contributed by atoms with Gasteiger partial charge in [-0.25, -0.2) is 13.1 Å². The van der Waals surface area contributed by atoms with Crippen LogP contribution < -0.4 is 10.0 Å². The van der Waals surface area contributed by atoms with E-state index in [4.69, 9.17) is 5.11 Å². The zero-order valence-corrected chi connectivity index (χ0v) is 13.5. The molecular formula is C14H20N2O5S. The van der Waals surface area contributed by atoms with Gasteiger partial charge in [0.05, 0.1) is 5.75 Å². The Bertz CT molecular complexity index is 638. The predicted octanol–water partition coefficient (Wildman–Crippen LogP) is 0.575. The third-order valence-electron chi connectivity index (χ3n) is 3.04. The summed E-state index contributed by atoms with van der Waals surface area (Å²) >= 11 is 0. The highest BCUT2D eigenvalue weighted by atomic mass is 32.2. The lowest BCUT2D eigenvalue weighted by molar-refractivity contribution is -0.140. The smallest absolute Gasteiger partial charge is 0.321 e. The van der Waals surface area contributed by atoms with Crippen LogP contribution in [0.2, 0.25) is 0 Å². The monoisotopic (exact) mass is 328 g/mol. The van der Waals surface area contributed by atoms with E-state index in [0.29, 0.717) is 11.1 Å². The van der Waals surface area contributed by atoms with Crippen LogP contribution in [0.1, 0.15) is 29.8 Å². The molecule has 7 nitrogen and oxygen atoms in total. The Morgan fingerprint density at radius 3 is 2.14 bits per heavy atom.